The molecule has 0 aromatic rings. The van der Waals surface area contributed by atoms with Crippen molar-refractivity contribution in [3.63, 3.8) is 0 Å². The zero-order chi connectivity index (χ0) is 16.3. The largest absolute Gasteiger partial charge is 0.481 e. The first-order valence-corrected chi connectivity index (χ1v) is 8.96. The van der Waals surface area contributed by atoms with Gasteiger partial charge in [0.25, 0.3) is 0 Å². The third-order valence-corrected chi connectivity index (χ3v) is 3.58. The van der Waals surface area contributed by atoms with Gasteiger partial charge < -0.3 is 9.84 Å². The van der Waals surface area contributed by atoms with Crippen LogP contribution in [-0.2, 0) is 9.53 Å². The number of carboxylic acids is 1. The SMILES string of the molecule is CCCCCCCCCCCCOCC=C=CCCC(=O)O. The highest BCUT2D eigenvalue weighted by atomic mass is 16.5. The van der Waals surface area contributed by atoms with Crippen LogP contribution < -0.4 is 0 Å². The Hall–Kier alpha value is -1.05. The highest BCUT2D eigenvalue weighted by molar-refractivity contribution is 5.66. The molecule has 0 heterocycles. The standard InChI is InChI=1S/C19H34O3/c1-2-3-4-5-6-7-8-9-11-14-17-22-18-15-12-10-13-16-19(20)21/h10,15H,2-9,11,13-14,16-18H2,1H3,(H,20,21). The fourth-order valence-electron chi connectivity index (χ4n) is 2.24. The molecule has 1 N–H and O–H groups in total. The van der Waals surface area contributed by atoms with Crippen LogP contribution >= 0.6 is 0 Å². The molecule has 22 heavy (non-hydrogen) atoms. The molecule has 0 amide bonds. The lowest BCUT2D eigenvalue weighted by molar-refractivity contribution is -0.136. The summed E-state index contributed by atoms with van der Waals surface area (Å²) in [5.41, 5.74) is 2.94. The molecule has 0 atom stereocenters. The third kappa shape index (κ3) is 18.9. The van der Waals surface area contributed by atoms with E-state index in [-0.39, 0.29) is 6.42 Å². The summed E-state index contributed by atoms with van der Waals surface area (Å²) in [5.74, 6) is -0.768. The molecule has 0 aliphatic carbocycles. The quantitative estimate of drug-likeness (QED) is 0.302. The van der Waals surface area contributed by atoms with Gasteiger partial charge in [-0.25, -0.2) is 0 Å². The summed E-state index contributed by atoms with van der Waals surface area (Å²) in [4.78, 5) is 10.3. The van der Waals surface area contributed by atoms with Crippen LogP contribution in [0.2, 0.25) is 0 Å². The summed E-state index contributed by atoms with van der Waals surface area (Å²) in [7, 11) is 0. The molecular formula is C19H34O3. The second-order valence-electron chi connectivity index (χ2n) is 5.76. The van der Waals surface area contributed by atoms with Crippen molar-refractivity contribution in [2.75, 3.05) is 13.2 Å². The first-order valence-electron chi connectivity index (χ1n) is 8.96. The molecule has 0 fully saturated rings. The van der Waals surface area contributed by atoms with Gasteiger partial charge in [0, 0.05) is 13.0 Å². The third-order valence-electron chi connectivity index (χ3n) is 3.58. The minimum atomic E-state index is -0.768. The molecule has 0 aromatic heterocycles. The van der Waals surface area contributed by atoms with E-state index in [1.807, 2.05) is 6.08 Å². The number of hydrogen-bond donors (Lipinski definition) is 1. The summed E-state index contributed by atoms with van der Waals surface area (Å²) in [6.45, 7) is 3.64. The van der Waals surface area contributed by atoms with Crippen LogP contribution in [0.1, 0.15) is 84.0 Å². The molecule has 0 aliphatic rings. The lowest BCUT2D eigenvalue weighted by atomic mass is 10.1. The Balaban J connectivity index is 3.14. The molecule has 0 aromatic carbocycles. The van der Waals surface area contributed by atoms with E-state index in [1.54, 1.807) is 6.08 Å². The topological polar surface area (TPSA) is 46.5 Å². The lowest BCUT2D eigenvalue weighted by Crippen LogP contribution is -1.94. The summed E-state index contributed by atoms with van der Waals surface area (Å²) >= 11 is 0. The number of unbranched alkanes of at least 4 members (excludes halogenated alkanes) is 9. The molecule has 128 valence electrons. The summed E-state index contributed by atoms with van der Waals surface area (Å²) < 4.78 is 5.48. The molecule has 3 heteroatoms. The van der Waals surface area contributed by atoms with Gasteiger partial charge in [-0.3, -0.25) is 4.79 Å². The van der Waals surface area contributed by atoms with Gasteiger partial charge in [0.05, 0.1) is 6.61 Å². The van der Waals surface area contributed by atoms with E-state index in [4.69, 9.17) is 9.84 Å². The summed E-state index contributed by atoms with van der Waals surface area (Å²) in [6.07, 6.45) is 17.6. The van der Waals surface area contributed by atoms with E-state index in [0.717, 1.165) is 13.0 Å². The van der Waals surface area contributed by atoms with Crippen LogP contribution in [0.25, 0.3) is 0 Å². The molecule has 3 nitrogen and oxygen atoms in total. The fraction of sp³-hybridized carbons (Fsp3) is 0.789. The van der Waals surface area contributed by atoms with Crippen molar-refractivity contribution in [1.29, 1.82) is 0 Å². The molecular weight excluding hydrogens is 276 g/mol. The predicted octanol–water partition coefficient (Wildman–Crippen LogP) is 5.50. The van der Waals surface area contributed by atoms with Gasteiger partial charge in [-0.05, 0) is 25.0 Å². The summed E-state index contributed by atoms with van der Waals surface area (Å²) in [5, 5.41) is 8.46. The number of rotatable bonds is 16. The average molecular weight is 310 g/mol. The Morgan fingerprint density at radius 3 is 2.14 bits per heavy atom. The van der Waals surface area contributed by atoms with Gasteiger partial charge in [0.1, 0.15) is 0 Å². The van der Waals surface area contributed by atoms with Crippen LogP contribution in [0, 0.1) is 0 Å². The van der Waals surface area contributed by atoms with Crippen molar-refractivity contribution < 1.29 is 14.6 Å². The van der Waals surface area contributed by atoms with Crippen molar-refractivity contribution >= 4 is 5.97 Å². The highest BCUT2D eigenvalue weighted by Crippen LogP contribution is 2.10. The average Bonchev–Trinajstić information content (AvgIpc) is 2.50. The Morgan fingerprint density at radius 2 is 1.55 bits per heavy atom. The predicted molar refractivity (Wildman–Crippen MR) is 92.2 cm³/mol. The Kier molecular flexibility index (Phi) is 17.1. The van der Waals surface area contributed by atoms with Gasteiger partial charge in [-0.2, -0.15) is 0 Å². The zero-order valence-corrected chi connectivity index (χ0v) is 14.3. The monoisotopic (exact) mass is 310 g/mol. The number of aliphatic carboxylic acids is 1. The summed E-state index contributed by atoms with van der Waals surface area (Å²) in [6, 6.07) is 0. The van der Waals surface area contributed by atoms with E-state index < -0.39 is 5.97 Å². The zero-order valence-electron chi connectivity index (χ0n) is 14.3. The van der Waals surface area contributed by atoms with Crippen molar-refractivity contribution in [1.82, 2.24) is 0 Å². The van der Waals surface area contributed by atoms with E-state index >= 15 is 0 Å². The minimum Gasteiger partial charge on any atom is -0.481 e. The van der Waals surface area contributed by atoms with E-state index in [0.29, 0.717) is 13.0 Å². The number of hydrogen-bond acceptors (Lipinski definition) is 2. The first-order chi connectivity index (χ1) is 10.8. The van der Waals surface area contributed by atoms with Crippen LogP contribution in [0.5, 0.6) is 0 Å². The maximum Gasteiger partial charge on any atom is 0.303 e. The molecule has 0 radical (unpaired) electrons. The molecule has 0 rings (SSSR count). The Morgan fingerprint density at radius 1 is 0.955 bits per heavy atom. The molecule has 0 saturated carbocycles. The maximum absolute atomic E-state index is 10.3. The lowest BCUT2D eigenvalue weighted by Gasteiger charge is -2.02. The van der Waals surface area contributed by atoms with Gasteiger partial charge >= 0.3 is 5.97 Å². The molecule has 0 saturated heterocycles. The Labute approximate surface area is 136 Å². The molecule has 0 unspecified atom stereocenters. The van der Waals surface area contributed by atoms with Crippen LogP contribution in [-0.4, -0.2) is 24.3 Å². The molecule has 0 aliphatic heterocycles. The van der Waals surface area contributed by atoms with Gasteiger partial charge in [0.15, 0.2) is 0 Å². The van der Waals surface area contributed by atoms with Crippen LogP contribution in [0.4, 0.5) is 0 Å². The Bertz CT molecular complexity index is 304. The van der Waals surface area contributed by atoms with Crippen molar-refractivity contribution in [2.45, 2.75) is 84.0 Å². The second kappa shape index (κ2) is 18.0. The number of ether oxygens (including phenoxy) is 1. The van der Waals surface area contributed by atoms with E-state index in [1.165, 1.54) is 57.8 Å². The highest BCUT2D eigenvalue weighted by Gasteiger charge is 1.93. The van der Waals surface area contributed by atoms with E-state index in [2.05, 4.69) is 12.7 Å². The van der Waals surface area contributed by atoms with Crippen LogP contribution in [0.15, 0.2) is 17.9 Å². The molecule has 0 bridgehead atoms. The van der Waals surface area contributed by atoms with Crippen LogP contribution in [0.3, 0.4) is 0 Å². The van der Waals surface area contributed by atoms with Crippen molar-refractivity contribution in [3.8, 4) is 0 Å². The smallest absolute Gasteiger partial charge is 0.303 e. The van der Waals surface area contributed by atoms with Gasteiger partial charge in [-0.1, -0.05) is 64.7 Å². The second-order valence-corrected chi connectivity index (χ2v) is 5.76. The first kappa shape index (κ1) is 20.9. The normalized spacial score (nSPS) is 10.2. The maximum atomic E-state index is 10.3. The van der Waals surface area contributed by atoms with E-state index in [9.17, 15) is 4.79 Å². The van der Waals surface area contributed by atoms with Gasteiger partial charge in [0.2, 0.25) is 0 Å². The fourth-order valence-corrected chi connectivity index (χ4v) is 2.24. The molecule has 0 spiro atoms. The van der Waals surface area contributed by atoms with Crippen molar-refractivity contribution in [2.24, 2.45) is 0 Å². The number of carboxylic acid groups (broad SMARTS) is 1. The van der Waals surface area contributed by atoms with Gasteiger partial charge in [-0.15, -0.1) is 5.73 Å². The van der Waals surface area contributed by atoms with Crippen molar-refractivity contribution in [3.05, 3.63) is 17.9 Å². The minimum absolute atomic E-state index is 0.167. The number of carbonyl (C=O) groups is 1.